The fourth-order valence-electron chi connectivity index (χ4n) is 1.72. The summed E-state index contributed by atoms with van der Waals surface area (Å²) in [6.07, 6.45) is 6.27. The molecule has 0 aromatic carbocycles. The number of aryl methyl sites for hydroxylation is 1. The molecule has 0 aliphatic heterocycles. The van der Waals surface area contributed by atoms with Crippen LogP contribution in [0.1, 0.15) is 56.2 Å². The van der Waals surface area contributed by atoms with Gasteiger partial charge in [-0.25, -0.2) is 4.98 Å². The summed E-state index contributed by atoms with van der Waals surface area (Å²) in [6, 6.07) is 0.243. The molecule has 1 rings (SSSR count). The van der Waals surface area contributed by atoms with E-state index in [1.807, 2.05) is 11.8 Å². The Morgan fingerprint density at radius 2 is 2.06 bits per heavy atom. The van der Waals surface area contributed by atoms with E-state index in [0.717, 1.165) is 31.5 Å². The van der Waals surface area contributed by atoms with E-state index >= 15 is 0 Å². The molecule has 100 valence electrons. The summed E-state index contributed by atoms with van der Waals surface area (Å²) in [5.41, 5.74) is 1.27. The summed E-state index contributed by atoms with van der Waals surface area (Å²) in [6.45, 7) is 8.96. The third kappa shape index (κ3) is 3.79. The van der Waals surface area contributed by atoms with Crippen LogP contribution in [-0.2, 0) is 0 Å². The van der Waals surface area contributed by atoms with E-state index in [9.17, 15) is 4.79 Å². The molecule has 4 nitrogen and oxygen atoms in total. The minimum absolute atomic E-state index is 0.00898. The molecule has 0 fully saturated rings. The Labute approximate surface area is 109 Å². The predicted molar refractivity (Wildman–Crippen MR) is 72.5 cm³/mol. The zero-order chi connectivity index (χ0) is 13.5. The van der Waals surface area contributed by atoms with E-state index in [1.54, 1.807) is 12.4 Å². The van der Waals surface area contributed by atoms with Crippen LogP contribution in [0.2, 0.25) is 0 Å². The molecule has 4 heteroatoms. The van der Waals surface area contributed by atoms with Gasteiger partial charge in [0.05, 0.1) is 11.9 Å². The van der Waals surface area contributed by atoms with Gasteiger partial charge in [0.15, 0.2) is 0 Å². The lowest BCUT2D eigenvalue weighted by Gasteiger charge is -2.28. The topological polar surface area (TPSA) is 46.1 Å². The van der Waals surface area contributed by atoms with Crippen molar-refractivity contribution in [2.45, 2.75) is 53.0 Å². The molecule has 1 aromatic rings. The molecule has 0 aliphatic rings. The van der Waals surface area contributed by atoms with Crippen LogP contribution in [0, 0.1) is 6.92 Å². The largest absolute Gasteiger partial charge is 0.335 e. The first-order valence-corrected chi connectivity index (χ1v) is 6.69. The highest BCUT2D eigenvalue weighted by molar-refractivity contribution is 5.92. The maximum absolute atomic E-state index is 12.4. The maximum Gasteiger partial charge on any atom is 0.274 e. The van der Waals surface area contributed by atoms with E-state index in [1.165, 1.54) is 0 Å². The highest BCUT2D eigenvalue weighted by atomic mass is 16.2. The van der Waals surface area contributed by atoms with Crippen molar-refractivity contribution in [1.29, 1.82) is 0 Å². The van der Waals surface area contributed by atoms with Crippen molar-refractivity contribution in [1.82, 2.24) is 14.9 Å². The third-order valence-corrected chi connectivity index (χ3v) is 3.14. The van der Waals surface area contributed by atoms with Crippen LogP contribution in [0.4, 0.5) is 0 Å². The smallest absolute Gasteiger partial charge is 0.274 e. The second-order valence-corrected chi connectivity index (χ2v) is 4.65. The third-order valence-electron chi connectivity index (χ3n) is 3.14. The first kappa shape index (κ1) is 14.6. The van der Waals surface area contributed by atoms with Crippen molar-refractivity contribution in [3.05, 3.63) is 23.8 Å². The zero-order valence-corrected chi connectivity index (χ0v) is 11.8. The Balaban J connectivity index is 2.83. The van der Waals surface area contributed by atoms with Gasteiger partial charge >= 0.3 is 0 Å². The molecule has 1 amide bonds. The fourth-order valence-corrected chi connectivity index (χ4v) is 1.72. The molecule has 0 aliphatic carbocycles. The normalized spacial score (nSPS) is 12.2. The number of hydrogen-bond acceptors (Lipinski definition) is 3. The minimum Gasteiger partial charge on any atom is -0.335 e. The Morgan fingerprint density at radius 1 is 1.33 bits per heavy atom. The van der Waals surface area contributed by atoms with Gasteiger partial charge in [0.1, 0.15) is 5.69 Å². The molecule has 0 radical (unpaired) electrons. The second-order valence-electron chi connectivity index (χ2n) is 4.65. The first-order valence-electron chi connectivity index (χ1n) is 6.69. The number of aromatic nitrogens is 2. The number of unbranched alkanes of at least 4 members (excludes halogenated alkanes) is 1. The van der Waals surface area contributed by atoms with E-state index in [0.29, 0.717) is 5.69 Å². The van der Waals surface area contributed by atoms with Gasteiger partial charge in [-0.2, -0.15) is 0 Å². The average Bonchev–Trinajstić information content (AvgIpc) is 2.39. The van der Waals surface area contributed by atoms with Crippen LogP contribution in [0.5, 0.6) is 0 Å². The van der Waals surface area contributed by atoms with E-state index in [4.69, 9.17) is 0 Å². The van der Waals surface area contributed by atoms with Crippen LogP contribution in [0.25, 0.3) is 0 Å². The van der Waals surface area contributed by atoms with Crippen molar-refractivity contribution >= 4 is 5.91 Å². The number of amides is 1. The quantitative estimate of drug-likeness (QED) is 0.778. The molecular weight excluding hydrogens is 226 g/mol. The average molecular weight is 249 g/mol. The lowest BCUT2D eigenvalue weighted by molar-refractivity contribution is 0.0678. The van der Waals surface area contributed by atoms with Crippen molar-refractivity contribution < 1.29 is 4.79 Å². The molecule has 0 bridgehead atoms. The van der Waals surface area contributed by atoms with Crippen molar-refractivity contribution in [2.24, 2.45) is 0 Å². The number of hydrogen-bond donors (Lipinski definition) is 0. The summed E-state index contributed by atoms with van der Waals surface area (Å²) in [4.78, 5) is 22.6. The molecule has 1 aromatic heterocycles. The number of carbonyl (C=O) groups is 1. The van der Waals surface area contributed by atoms with Crippen LogP contribution >= 0.6 is 0 Å². The van der Waals surface area contributed by atoms with Gasteiger partial charge in [0.2, 0.25) is 0 Å². The number of nitrogens with zero attached hydrogens (tertiary/aromatic N) is 3. The summed E-state index contributed by atoms with van der Waals surface area (Å²) >= 11 is 0. The molecule has 0 spiro atoms. The summed E-state index contributed by atoms with van der Waals surface area (Å²) in [5, 5.41) is 0. The van der Waals surface area contributed by atoms with Crippen molar-refractivity contribution in [3.8, 4) is 0 Å². The van der Waals surface area contributed by atoms with Gasteiger partial charge in [-0.3, -0.25) is 9.78 Å². The van der Waals surface area contributed by atoms with E-state index < -0.39 is 0 Å². The molecule has 0 saturated carbocycles. The van der Waals surface area contributed by atoms with Gasteiger partial charge in [-0.1, -0.05) is 20.3 Å². The molecule has 0 saturated heterocycles. The zero-order valence-electron chi connectivity index (χ0n) is 11.8. The van der Waals surface area contributed by atoms with Crippen molar-refractivity contribution in [2.75, 3.05) is 6.54 Å². The molecule has 1 atom stereocenters. The van der Waals surface area contributed by atoms with Gasteiger partial charge in [-0.05, 0) is 26.7 Å². The standard InChI is InChI=1S/C14H23N3O/c1-5-7-8-17(12(4)6-2)14(18)13-10-15-11(3)9-16-13/h9-10,12H,5-8H2,1-4H3. The highest BCUT2D eigenvalue weighted by Gasteiger charge is 2.21. The number of carbonyl (C=O) groups excluding carboxylic acids is 1. The summed E-state index contributed by atoms with van der Waals surface area (Å²) < 4.78 is 0. The van der Waals surface area contributed by atoms with Gasteiger partial charge in [-0.15, -0.1) is 0 Å². The minimum atomic E-state index is -0.00898. The Kier molecular flexibility index (Phi) is 5.75. The molecule has 18 heavy (non-hydrogen) atoms. The molecule has 1 unspecified atom stereocenters. The van der Waals surface area contributed by atoms with Crippen LogP contribution < -0.4 is 0 Å². The summed E-state index contributed by atoms with van der Waals surface area (Å²) in [7, 11) is 0. The van der Waals surface area contributed by atoms with E-state index in [-0.39, 0.29) is 11.9 Å². The lowest BCUT2D eigenvalue weighted by Crippen LogP contribution is -2.39. The Bertz CT molecular complexity index is 375. The molecule has 1 heterocycles. The summed E-state index contributed by atoms with van der Waals surface area (Å²) in [5.74, 6) is -0.00898. The Hall–Kier alpha value is -1.45. The SMILES string of the molecule is CCCCN(C(=O)c1cnc(C)cn1)C(C)CC. The van der Waals surface area contributed by atoms with Crippen molar-refractivity contribution in [3.63, 3.8) is 0 Å². The Morgan fingerprint density at radius 3 is 2.56 bits per heavy atom. The van der Waals surface area contributed by atoms with Crippen LogP contribution in [0.15, 0.2) is 12.4 Å². The lowest BCUT2D eigenvalue weighted by atomic mass is 10.2. The van der Waals surface area contributed by atoms with Crippen LogP contribution in [0.3, 0.4) is 0 Å². The maximum atomic E-state index is 12.4. The number of rotatable bonds is 6. The fraction of sp³-hybridized carbons (Fsp3) is 0.643. The highest BCUT2D eigenvalue weighted by Crippen LogP contribution is 2.10. The van der Waals surface area contributed by atoms with E-state index in [2.05, 4.69) is 30.7 Å². The van der Waals surface area contributed by atoms with Gasteiger partial charge in [0.25, 0.3) is 5.91 Å². The molecule has 0 N–H and O–H groups in total. The first-order chi connectivity index (χ1) is 8.60. The predicted octanol–water partition coefficient (Wildman–Crippen LogP) is 2.83. The van der Waals surface area contributed by atoms with Crippen LogP contribution in [-0.4, -0.2) is 33.4 Å². The van der Waals surface area contributed by atoms with Gasteiger partial charge < -0.3 is 4.90 Å². The van der Waals surface area contributed by atoms with Gasteiger partial charge in [0, 0.05) is 18.8 Å². The monoisotopic (exact) mass is 249 g/mol. The second kappa shape index (κ2) is 7.09. The molecular formula is C14H23N3O.